The van der Waals surface area contributed by atoms with Gasteiger partial charge in [0.05, 0.1) is 17.5 Å². The fourth-order valence-electron chi connectivity index (χ4n) is 1.63. The van der Waals surface area contributed by atoms with Crippen molar-refractivity contribution in [2.45, 2.75) is 31.7 Å². The van der Waals surface area contributed by atoms with E-state index in [-0.39, 0.29) is 5.69 Å². The first-order valence-corrected chi connectivity index (χ1v) is 5.74. The zero-order valence-electron chi connectivity index (χ0n) is 10.8. The van der Waals surface area contributed by atoms with Crippen molar-refractivity contribution in [3.63, 3.8) is 0 Å². The van der Waals surface area contributed by atoms with E-state index in [9.17, 15) is 31.1 Å². The first-order chi connectivity index (χ1) is 9.40. The van der Waals surface area contributed by atoms with Gasteiger partial charge in [0.25, 0.3) is 5.91 Å². The van der Waals surface area contributed by atoms with Crippen LogP contribution in [0.4, 0.5) is 32.0 Å². The van der Waals surface area contributed by atoms with Crippen LogP contribution in [-0.2, 0) is 6.18 Å². The number of nitrogen functional groups attached to an aromatic ring is 1. The molecule has 0 radical (unpaired) electrons. The number of halogens is 6. The van der Waals surface area contributed by atoms with Gasteiger partial charge in [-0.05, 0) is 25.1 Å². The van der Waals surface area contributed by atoms with E-state index in [1.54, 1.807) is 0 Å². The fraction of sp³-hybridized carbons (Fsp3) is 0.417. The van der Waals surface area contributed by atoms with Crippen LogP contribution in [0.1, 0.15) is 29.3 Å². The monoisotopic (exact) mass is 314 g/mol. The van der Waals surface area contributed by atoms with Gasteiger partial charge in [-0.3, -0.25) is 4.79 Å². The molecule has 1 unspecified atom stereocenters. The molecule has 0 saturated carbocycles. The van der Waals surface area contributed by atoms with E-state index < -0.39 is 41.8 Å². The van der Waals surface area contributed by atoms with Gasteiger partial charge in [0.15, 0.2) is 0 Å². The lowest BCUT2D eigenvalue weighted by Crippen LogP contribution is -2.36. The molecule has 0 saturated heterocycles. The Kier molecular flexibility index (Phi) is 4.75. The van der Waals surface area contributed by atoms with E-state index in [4.69, 9.17) is 5.73 Å². The highest BCUT2D eigenvalue weighted by Gasteiger charge is 2.33. The summed E-state index contributed by atoms with van der Waals surface area (Å²) in [7, 11) is 0. The number of benzene rings is 1. The second-order valence-corrected chi connectivity index (χ2v) is 4.49. The molecule has 0 aliphatic carbocycles. The lowest BCUT2D eigenvalue weighted by molar-refractivity contribution is -0.138. The number of nitrogens with two attached hydrogens (primary N) is 1. The quantitative estimate of drug-likeness (QED) is 0.664. The Morgan fingerprint density at radius 1 is 1.24 bits per heavy atom. The Morgan fingerprint density at radius 2 is 1.81 bits per heavy atom. The average molecular weight is 314 g/mol. The topological polar surface area (TPSA) is 55.1 Å². The Hall–Kier alpha value is -1.93. The summed E-state index contributed by atoms with van der Waals surface area (Å²) in [6.45, 7) is 1.09. The first kappa shape index (κ1) is 17.1. The van der Waals surface area contributed by atoms with Gasteiger partial charge in [-0.15, -0.1) is 0 Å². The molecule has 0 fully saturated rings. The standard InChI is InChI=1S/C12H12F6N2O/c1-6(5-11(13,14)15)20-10(21)8-4-7(12(16,17)18)2-3-9(8)19/h2-4,6H,5,19H2,1H3,(H,20,21). The third-order valence-corrected chi connectivity index (χ3v) is 2.54. The SMILES string of the molecule is CC(CC(F)(F)F)NC(=O)c1cc(C(F)(F)F)ccc1N. The first-order valence-electron chi connectivity index (χ1n) is 5.74. The molecular weight excluding hydrogens is 302 g/mol. The summed E-state index contributed by atoms with van der Waals surface area (Å²) in [4.78, 5) is 11.7. The molecule has 0 aliphatic rings. The molecular formula is C12H12F6N2O. The number of alkyl halides is 6. The van der Waals surface area contributed by atoms with Gasteiger partial charge in [0.1, 0.15) is 0 Å². The predicted octanol–water partition coefficient (Wildman–Crippen LogP) is 3.36. The Balaban J connectivity index is 2.92. The number of hydrogen-bond acceptors (Lipinski definition) is 2. The van der Waals surface area contributed by atoms with Crippen LogP contribution in [-0.4, -0.2) is 18.1 Å². The zero-order chi connectivity index (χ0) is 16.4. The summed E-state index contributed by atoms with van der Waals surface area (Å²) in [6, 6.07) is 0.786. The molecule has 0 aromatic heterocycles. The highest BCUT2D eigenvalue weighted by molar-refractivity contribution is 5.99. The number of anilines is 1. The molecule has 3 nitrogen and oxygen atoms in total. The Labute approximate surface area is 116 Å². The van der Waals surface area contributed by atoms with Crippen molar-refractivity contribution in [2.24, 2.45) is 0 Å². The number of amides is 1. The molecule has 118 valence electrons. The van der Waals surface area contributed by atoms with E-state index in [1.807, 2.05) is 5.32 Å². The molecule has 1 aromatic rings. The summed E-state index contributed by atoms with van der Waals surface area (Å²) >= 11 is 0. The maximum Gasteiger partial charge on any atom is 0.416 e. The van der Waals surface area contributed by atoms with Crippen molar-refractivity contribution in [1.82, 2.24) is 5.32 Å². The highest BCUT2D eigenvalue weighted by Crippen LogP contribution is 2.31. The predicted molar refractivity (Wildman–Crippen MR) is 63.5 cm³/mol. The maximum absolute atomic E-state index is 12.5. The van der Waals surface area contributed by atoms with Crippen molar-refractivity contribution < 1.29 is 31.1 Å². The van der Waals surface area contributed by atoms with Crippen molar-refractivity contribution in [2.75, 3.05) is 5.73 Å². The normalized spacial score (nSPS) is 13.9. The third kappa shape index (κ3) is 5.16. The van der Waals surface area contributed by atoms with E-state index in [2.05, 4.69) is 0 Å². The van der Waals surface area contributed by atoms with E-state index >= 15 is 0 Å². The number of carbonyl (C=O) groups is 1. The van der Waals surface area contributed by atoms with Gasteiger partial charge in [0, 0.05) is 11.7 Å². The van der Waals surface area contributed by atoms with Gasteiger partial charge >= 0.3 is 12.4 Å². The van der Waals surface area contributed by atoms with Crippen LogP contribution in [0.3, 0.4) is 0 Å². The van der Waals surface area contributed by atoms with Crippen molar-refractivity contribution in [1.29, 1.82) is 0 Å². The number of hydrogen-bond donors (Lipinski definition) is 2. The van der Waals surface area contributed by atoms with Gasteiger partial charge in [-0.25, -0.2) is 0 Å². The number of rotatable bonds is 3. The van der Waals surface area contributed by atoms with Crippen molar-refractivity contribution in [3.05, 3.63) is 29.3 Å². The van der Waals surface area contributed by atoms with E-state index in [0.29, 0.717) is 12.1 Å². The molecule has 21 heavy (non-hydrogen) atoms. The number of nitrogens with one attached hydrogen (secondary N) is 1. The van der Waals surface area contributed by atoms with Gasteiger partial charge in [-0.1, -0.05) is 0 Å². The maximum atomic E-state index is 12.5. The molecule has 1 amide bonds. The molecule has 0 aliphatic heterocycles. The van der Waals surface area contributed by atoms with Gasteiger partial charge in [-0.2, -0.15) is 26.3 Å². The minimum Gasteiger partial charge on any atom is -0.398 e. The fourth-order valence-corrected chi connectivity index (χ4v) is 1.63. The molecule has 1 rings (SSSR count). The van der Waals surface area contributed by atoms with Crippen LogP contribution in [0, 0.1) is 0 Å². The Bertz CT molecular complexity index is 523. The van der Waals surface area contributed by atoms with Crippen LogP contribution in [0.5, 0.6) is 0 Å². The third-order valence-electron chi connectivity index (χ3n) is 2.54. The zero-order valence-corrected chi connectivity index (χ0v) is 10.8. The smallest absolute Gasteiger partial charge is 0.398 e. The number of carbonyl (C=O) groups excluding carboxylic acids is 1. The molecule has 1 aromatic carbocycles. The Morgan fingerprint density at radius 3 is 2.29 bits per heavy atom. The minimum absolute atomic E-state index is 0.250. The lowest BCUT2D eigenvalue weighted by Gasteiger charge is -2.17. The largest absolute Gasteiger partial charge is 0.416 e. The molecule has 1 atom stereocenters. The van der Waals surface area contributed by atoms with Crippen molar-refractivity contribution in [3.8, 4) is 0 Å². The van der Waals surface area contributed by atoms with Crippen LogP contribution >= 0.6 is 0 Å². The molecule has 3 N–H and O–H groups in total. The highest BCUT2D eigenvalue weighted by atomic mass is 19.4. The van der Waals surface area contributed by atoms with Crippen LogP contribution in [0.25, 0.3) is 0 Å². The van der Waals surface area contributed by atoms with Crippen LogP contribution in [0.2, 0.25) is 0 Å². The lowest BCUT2D eigenvalue weighted by atomic mass is 10.1. The molecule has 0 heterocycles. The summed E-state index contributed by atoms with van der Waals surface area (Å²) in [5.74, 6) is -1.09. The summed E-state index contributed by atoms with van der Waals surface area (Å²) in [5.41, 5.74) is 3.51. The molecule has 9 heteroatoms. The van der Waals surface area contributed by atoms with E-state index in [1.165, 1.54) is 0 Å². The second kappa shape index (κ2) is 5.82. The second-order valence-electron chi connectivity index (χ2n) is 4.49. The van der Waals surface area contributed by atoms with Crippen LogP contribution < -0.4 is 11.1 Å². The van der Waals surface area contributed by atoms with Gasteiger partial charge < -0.3 is 11.1 Å². The van der Waals surface area contributed by atoms with E-state index in [0.717, 1.165) is 13.0 Å². The minimum atomic E-state index is -4.68. The van der Waals surface area contributed by atoms with Gasteiger partial charge in [0.2, 0.25) is 0 Å². The van der Waals surface area contributed by atoms with Crippen LogP contribution in [0.15, 0.2) is 18.2 Å². The van der Waals surface area contributed by atoms with Crippen molar-refractivity contribution >= 4 is 11.6 Å². The average Bonchev–Trinajstić information content (AvgIpc) is 2.24. The summed E-state index contributed by atoms with van der Waals surface area (Å²) in [6.07, 6.45) is -10.5. The summed E-state index contributed by atoms with van der Waals surface area (Å²) in [5, 5.41) is 1.97. The summed E-state index contributed by atoms with van der Waals surface area (Å²) < 4.78 is 74.0. The molecule has 0 bridgehead atoms. The molecule has 0 spiro atoms.